The lowest BCUT2D eigenvalue weighted by Crippen LogP contribution is -2.36. The van der Waals surface area contributed by atoms with Crippen LogP contribution >= 0.6 is 0 Å². The topological polar surface area (TPSA) is 32.3 Å². The van der Waals surface area contributed by atoms with E-state index in [0.29, 0.717) is 6.54 Å². The molecule has 0 aliphatic heterocycles. The summed E-state index contributed by atoms with van der Waals surface area (Å²) in [5.74, 6) is 0. The highest BCUT2D eigenvalue weighted by atomic mass is 16.2. The summed E-state index contributed by atoms with van der Waals surface area (Å²) < 4.78 is 21.0. The molecule has 54 valence electrons. The van der Waals surface area contributed by atoms with E-state index in [1.807, 2.05) is 0 Å². The number of amides is 2. The minimum absolute atomic E-state index is 0.183. The molecule has 3 heteroatoms. The molecule has 1 N–H and O–H groups in total. The van der Waals surface area contributed by atoms with Gasteiger partial charge in [0.25, 0.3) is 0 Å². The van der Waals surface area contributed by atoms with Crippen LogP contribution in [0.15, 0.2) is 0 Å². The Morgan fingerprint density at radius 3 is 2.78 bits per heavy atom. The Morgan fingerprint density at radius 1 is 1.78 bits per heavy atom. The fourth-order valence-electron chi connectivity index (χ4n) is 0.390. The van der Waals surface area contributed by atoms with Gasteiger partial charge in [-0.05, 0) is 13.8 Å². The van der Waals surface area contributed by atoms with E-state index in [2.05, 4.69) is 5.32 Å². The van der Waals surface area contributed by atoms with Crippen LogP contribution in [0.3, 0.4) is 0 Å². The van der Waals surface area contributed by atoms with Crippen LogP contribution in [0.5, 0.6) is 0 Å². The maximum Gasteiger partial charge on any atom is 0.317 e. The zero-order chi connectivity index (χ0) is 9.78. The molecule has 0 aromatic rings. The van der Waals surface area contributed by atoms with Crippen molar-refractivity contribution in [1.29, 1.82) is 0 Å². The SMILES string of the molecule is [2H]C([2H])([2H])N(CC)C(=O)NCC. The van der Waals surface area contributed by atoms with E-state index in [0.717, 1.165) is 4.90 Å². The zero-order valence-electron chi connectivity index (χ0n) is 8.77. The molecule has 0 radical (unpaired) electrons. The highest BCUT2D eigenvalue weighted by molar-refractivity contribution is 5.73. The number of nitrogens with one attached hydrogen (secondary N) is 1. The van der Waals surface area contributed by atoms with Gasteiger partial charge in [0.1, 0.15) is 0 Å². The van der Waals surface area contributed by atoms with Crippen molar-refractivity contribution in [2.75, 3.05) is 20.1 Å². The molecule has 0 aromatic carbocycles. The predicted molar refractivity (Wildman–Crippen MR) is 37.4 cm³/mol. The lowest BCUT2D eigenvalue weighted by molar-refractivity contribution is 0.211. The maximum atomic E-state index is 11.1. The summed E-state index contributed by atoms with van der Waals surface area (Å²) in [6.45, 7) is 1.65. The summed E-state index contributed by atoms with van der Waals surface area (Å²) in [4.78, 5) is 11.9. The van der Waals surface area contributed by atoms with Crippen molar-refractivity contribution in [1.82, 2.24) is 10.2 Å². The van der Waals surface area contributed by atoms with Gasteiger partial charge in [0.15, 0.2) is 0 Å². The van der Waals surface area contributed by atoms with Crippen LogP contribution < -0.4 is 5.32 Å². The third kappa shape index (κ3) is 2.95. The standard InChI is InChI=1S/C6H14N2O/c1-4-7-6(9)8(3)5-2/h4-5H2,1-3H3,(H,7,9)/i3D3. The van der Waals surface area contributed by atoms with E-state index < -0.39 is 13.0 Å². The summed E-state index contributed by atoms with van der Waals surface area (Å²) in [5.41, 5.74) is 0. The molecule has 0 aromatic heterocycles. The molecule has 0 saturated heterocycles. The smallest absolute Gasteiger partial charge is 0.317 e. The average molecular weight is 133 g/mol. The Morgan fingerprint density at radius 2 is 2.44 bits per heavy atom. The van der Waals surface area contributed by atoms with Crippen LogP contribution in [0, 0.1) is 0 Å². The van der Waals surface area contributed by atoms with Gasteiger partial charge in [-0.1, -0.05) is 0 Å². The van der Waals surface area contributed by atoms with Gasteiger partial charge in [-0.2, -0.15) is 0 Å². The first-order chi connectivity index (χ1) is 5.43. The average Bonchev–Trinajstić information content (AvgIpc) is 1.85. The molecule has 0 heterocycles. The van der Waals surface area contributed by atoms with E-state index in [1.54, 1.807) is 13.8 Å². The first-order valence-electron chi connectivity index (χ1n) is 4.49. The van der Waals surface area contributed by atoms with Crippen molar-refractivity contribution in [3.63, 3.8) is 0 Å². The number of urea groups is 1. The van der Waals surface area contributed by atoms with Crippen molar-refractivity contribution >= 4 is 6.03 Å². The fraction of sp³-hybridized carbons (Fsp3) is 0.833. The highest BCUT2D eigenvalue weighted by Crippen LogP contribution is 1.80. The van der Waals surface area contributed by atoms with Crippen LogP contribution in [-0.4, -0.2) is 31.0 Å². The van der Waals surface area contributed by atoms with E-state index in [9.17, 15) is 4.79 Å². The zero-order valence-corrected chi connectivity index (χ0v) is 5.77. The summed E-state index contributed by atoms with van der Waals surface area (Å²) >= 11 is 0. The Balaban J connectivity index is 4.25. The molecule has 0 unspecified atom stereocenters. The van der Waals surface area contributed by atoms with Crippen LogP contribution in [0.2, 0.25) is 0 Å². The van der Waals surface area contributed by atoms with E-state index in [-0.39, 0.29) is 6.54 Å². The normalized spacial score (nSPS) is 15.1. The van der Waals surface area contributed by atoms with Crippen molar-refractivity contribution in [3.05, 3.63) is 0 Å². The van der Waals surface area contributed by atoms with Crippen molar-refractivity contribution in [2.45, 2.75) is 13.8 Å². The minimum Gasteiger partial charge on any atom is -0.338 e. The summed E-state index contributed by atoms with van der Waals surface area (Å²) in [7, 11) is 0. The maximum absolute atomic E-state index is 11.1. The first-order valence-corrected chi connectivity index (χ1v) is 2.99. The predicted octanol–water partition coefficient (Wildman–Crippen LogP) is 0.668. The summed E-state index contributed by atoms with van der Waals surface area (Å²) in [6, 6.07) is -0.542. The second kappa shape index (κ2) is 4.18. The van der Waals surface area contributed by atoms with Crippen molar-refractivity contribution < 1.29 is 8.91 Å². The quantitative estimate of drug-likeness (QED) is 0.590. The Labute approximate surface area is 60.3 Å². The number of nitrogens with zero attached hydrogens (tertiary/aromatic N) is 1. The molecule has 3 nitrogen and oxygen atoms in total. The molecule has 0 bridgehead atoms. The van der Waals surface area contributed by atoms with E-state index >= 15 is 0 Å². The lowest BCUT2D eigenvalue weighted by atomic mass is 10.6. The van der Waals surface area contributed by atoms with Crippen LogP contribution in [0.1, 0.15) is 18.0 Å². The molecule has 0 saturated carbocycles. The first kappa shape index (κ1) is 4.14. The van der Waals surface area contributed by atoms with E-state index in [4.69, 9.17) is 4.11 Å². The van der Waals surface area contributed by atoms with Crippen LogP contribution in [0.25, 0.3) is 0 Å². The Hall–Kier alpha value is -0.730. The lowest BCUT2D eigenvalue weighted by Gasteiger charge is -2.13. The summed E-state index contributed by atoms with van der Waals surface area (Å²) in [5, 5.41) is 2.43. The third-order valence-electron chi connectivity index (χ3n) is 0.889. The van der Waals surface area contributed by atoms with Crippen molar-refractivity contribution in [3.8, 4) is 0 Å². The number of rotatable bonds is 2. The number of hydrogen-bond donors (Lipinski definition) is 1. The molecular weight excluding hydrogens is 116 g/mol. The molecule has 2 amide bonds. The Bertz CT molecular complexity index is 157. The molecule has 0 fully saturated rings. The minimum atomic E-state index is -2.34. The van der Waals surface area contributed by atoms with Gasteiger partial charge in [0, 0.05) is 24.2 Å². The largest absolute Gasteiger partial charge is 0.338 e. The summed E-state index contributed by atoms with van der Waals surface area (Å²) in [6.07, 6.45) is 0. The van der Waals surface area contributed by atoms with Crippen LogP contribution in [-0.2, 0) is 0 Å². The van der Waals surface area contributed by atoms with Gasteiger partial charge in [-0.3, -0.25) is 0 Å². The number of carbonyl (C=O) groups excluding carboxylic acids is 1. The van der Waals surface area contributed by atoms with Gasteiger partial charge in [-0.15, -0.1) is 0 Å². The fourth-order valence-corrected chi connectivity index (χ4v) is 0.390. The van der Waals surface area contributed by atoms with Gasteiger partial charge in [-0.25, -0.2) is 4.79 Å². The number of hydrogen-bond acceptors (Lipinski definition) is 1. The van der Waals surface area contributed by atoms with Gasteiger partial charge >= 0.3 is 6.03 Å². The highest BCUT2D eigenvalue weighted by Gasteiger charge is 2.01. The second-order valence-electron chi connectivity index (χ2n) is 1.58. The molecule has 0 atom stereocenters. The van der Waals surface area contributed by atoms with Gasteiger partial charge < -0.3 is 10.2 Å². The van der Waals surface area contributed by atoms with Gasteiger partial charge in [0.05, 0.1) is 0 Å². The van der Waals surface area contributed by atoms with Crippen molar-refractivity contribution in [2.24, 2.45) is 0 Å². The third-order valence-corrected chi connectivity index (χ3v) is 0.889. The Kier molecular flexibility index (Phi) is 1.92. The van der Waals surface area contributed by atoms with E-state index in [1.165, 1.54) is 0 Å². The second-order valence-corrected chi connectivity index (χ2v) is 1.58. The van der Waals surface area contributed by atoms with Crippen LogP contribution in [0.4, 0.5) is 4.79 Å². The molecule has 0 rings (SSSR count). The monoisotopic (exact) mass is 133 g/mol. The molecular formula is C6H14N2O. The molecule has 0 aliphatic carbocycles. The molecule has 0 aliphatic rings. The number of carbonyl (C=O) groups is 1. The molecule has 0 spiro atoms. The van der Waals surface area contributed by atoms with Gasteiger partial charge in [0.2, 0.25) is 0 Å². The molecule has 9 heavy (non-hydrogen) atoms.